The molecule has 0 bridgehead atoms. The number of halogens is 2. The fourth-order valence-electron chi connectivity index (χ4n) is 3.22. The number of benzene rings is 1. The van der Waals surface area contributed by atoms with Gasteiger partial charge in [-0.1, -0.05) is 0 Å². The summed E-state index contributed by atoms with van der Waals surface area (Å²) in [4.78, 5) is 25.3. The van der Waals surface area contributed by atoms with E-state index >= 15 is 0 Å². The smallest absolute Gasteiger partial charge is 0.317 e. The highest BCUT2D eigenvalue weighted by Crippen LogP contribution is 2.42. The van der Waals surface area contributed by atoms with E-state index in [-0.39, 0.29) is 29.3 Å². The third-order valence-electron chi connectivity index (χ3n) is 4.85. The number of hydrogen-bond donors (Lipinski definition) is 2. The summed E-state index contributed by atoms with van der Waals surface area (Å²) in [6, 6.07) is 2.47. The Bertz CT molecular complexity index is 641. The highest BCUT2D eigenvalue weighted by atomic mass is 19.1. The number of amides is 3. The Balaban J connectivity index is 1.67. The number of piperidine rings is 1. The van der Waals surface area contributed by atoms with Gasteiger partial charge in [-0.15, -0.1) is 0 Å². The Morgan fingerprint density at radius 3 is 2.42 bits per heavy atom. The Morgan fingerprint density at radius 2 is 1.83 bits per heavy atom. The molecule has 1 atom stereocenters. The zero-order valence-electron chi connectivity index (χ0n) is 13.3. The van der Waals surface area contributed by atoms with Gasteiger partial charge in [0, 0.05) is 24.6 Å². The van der Waals surface area contributed by atoms with E-state index in [1.807, 2.05) is 0 Å². The molecular weight excluding hydrogens is 316 g/mol. The van der Waals surface area contributed by atoms with Crippen LogP contribution in [0, 0.1) is 23.5 Å². The first-order valence-corrected chi connectivity index (χ1v) is 8.25. The second-order valence-corrected chi connectivity index (χ2v) is 6.59. The van der Waals surface area contributed by atoms with Gasteiger partial charge in [-0.05, 0) is 49.8 Å². The third kappa shape index (κ3) is 3.66. The number of nitrogens with one attached hydrogen (secondary N) is 1. The molecule has 2 fully saturated rings. The van der Waals surface area contributed by atoms with Gasteiger partial charge in [-0.25, -0.2) is 13.6 Å². The molecule has 1 aromatic carbocycles. The van der Waals surface area contributed by atoms with E-state index in [1.54, 1.807) is 4.90 Å². The van der Waals surface area contributed by atoms with Crippen LogP contribution in [-0.2, 0) is 4.79 Å². The topological polar surface area (TPSA) is 75.4 Å². The minimum Gasteiger partial charge on any atom is -0.369 e. The molecule has 0 radical (unpaired) electrons. The van der Waals surface area contributed by atoms with Crippen molar-refractivity contribution in [2.24, 2.45) is 17.6 Å². The summed E-state index contributed by atoms with van der Waals surface area (Å²) in [5.74, 6) is -1.44. The number of rotatable bonds is 4. The van der Waals surface area contributed by atoms with Gasteiger partial charge in [0.05, 0.1) is 6.04 Å². The van der Waals surface area contributed by atoms with Crippen LogP contribution in [0.2, 0.25) is 0 Å². The van der Waals surface area contributed by atoms with Crippen LogP contribution in [0.3, 0.4) is 0 Å². The Hall–Kier alpha value is -2.18. The van der Waals surface area contributed by atoms with Gasteiger partial charge in [0.25, 0.3) is 0 Å². The van der Waals surface area contributed by atoms with Crippen LogP contribution in [0.5, 0.6) is 0 Å². The quantitative estimate of drug-likeness (QED) is 0.885. The third-order valence-corrected chi connectivity index (χ3v) is 4.85. The molecule has 2 aliphatic rings. The van der Waals surface area contributed by atoms with Crippen molar-refractivity contribution >= 4 is 11.9 Å². The van der Waals surface area contributed by atoms with E-state index in [0.717, 1.165) is 31.0 Å². The van der Waals surface area contributed by atoms with Gasteiger partial charge in [-0.3, -0.25) is 4.79 Å². The first kappa shape index (κ1) is 16.7. The van der Waals surface area contributed by atoms with Crippen molar-refractivity contribution in [3.05, 3.63) is 35.4 Å². The van der Waals surface area contributed by atoms with E-state index in [0.29, 0.717) is 25.9 Å². The number of primary amides is 1. The maximum atomic E-state index is 14.1. The highest BCUT2D eigenvalue weighted by molar-refractivity contribution is 5.78. The fraction of sp³-hybridized carbons (Fsp3) is 0.529. The molecule has 3 amide bonds. The molecule has 1 aliphatic heterocycles. The number of hydrogen-bond acceptors (Lipinski definition) is 2. The number of nitrogens with two attached hydrogens (primary N) is 1. The SMILES string of the molecule is NC(=O)C1CCN(C(=O)N[C@H](c2cc(F)ccc2F)C2CC2)CC1. The average molecular weight is 337 g/mol. The molecule has 24 heavy (non-hydrogen) atoms. The zero-order valence-corrected chi connectivity index (χ0v) is 13.3. The molecular formula is C17H21F2N3O2. The van der Waals surface area contributed by atoms with Crippen molar-refractivity contribution in [3.63, 3.8) is 0 Å². The molecule has 1 aliphatic carbocycles. The summed E-state index contributed by atoms with van der Waals surface area (Å²) in [6.45, 7) is 0.866. The standard InChI is InChI=1S/C17H21F2N3O2/c18-12-3-4-14(19)13(9-12)15(10-1-2-10)21-17(24)22-7-5-11(6-8-22)16(20)23/h3-4,9-11,15H,1-2,5-8H2,(H2,20,23)(H,21,24)/t15-/m0/s1. The van der Waals surface area contributed by atoms with Crippen molar-refractivity contribution in [2.75, 3.05) is 13.1 Å². The lowest BCUT2D eigenvalue weighted by Gasteiger charge is -2.32. The molecule has 3 N–H and O–H groups in total. The Morgan fingerprint density at radius 1 is 1.17 bits per heavy atom. The number of carbonyl (C=O) groups is 2. The minimum atomic E-state index is -0.526. The number of likely N-dealkylation sites (tertiary alicyclic amines) is 1. The van der Waals surface area contributed by atoms with Crippen LogP contribution in [0.25, 0.3) is 0 Å². The molecule has 5 nitrogen and oxygen atoms in total. The number of urea groups is 1. The predicted molar refractivity (Wildman–Crippen MR) is 83.8 cm³/mol. The van der Waals surface area contributed by atoms with Gasteiger partial charge in [0.15, 0.2) is 0 Å². The fourth-order valence-corrected chi connectivity index (χ4v) is 3.22. The lowest BCUT2D eigenvalue weighted by atomic mass is 9.96. The van der Waals surface area contributed by atoms with E-state index in [1.165, 1.54) is 0 Å². The first-order chi connectivity index (χ1) is 11.5. The van der Waals surface area contributed by atoms with Gasteiger partial charge in [0.2, 0.25) is 5.91 Å². The van der Waals surface area contributed by atoms with Crippen molar-refractivity contribution < 1.29 is 18.4 Å². The summed E-state index contributed by atoms with van der Waals surface area (Å²) in [5, 5.41) is 2.84. The van der Waals surface area contributed by atoms with Crippen LogP contribution in [-0.4, -0.2) is 29.9 Å². The molecule has 0 unspecified atom stereocenters. The minimum absolute atomic E-state index is 0.133. The molecule has 1 saturated carbocycles. The van der Waals surface area contributed by atoms with Gasteiger partial charge in [-0.2, -0.15) is 0 Å². The molecule has 1 saturated heterocycles. The highest BCUT2D eigenvalue weighted by Gasteiger charge is 2.36. The lowest BCUT2D eigenvalue weighted by Crippen LogP contribution is -2.47. The van der Waals surface area contributed by atoms with E-state index in [9.17, 15) is 18.4 Å². The van der Waals surface area contributed by atoms with Crippen LogP contribution in [0.4, 0.5) is 13.6 Å². The summed E-state index contributed by atoms with van der Waals surface area (Å²) < 4.78 is 27.5. The van der Waals surface area contributed by atoms with E-state index < -0.39 is 17.7 Å². The van der Waals surface area contributed by atoms with Gasteiger partial charge >= 0.3 is 6.03 Å². The average Bonchev–Trinajstić information content (AvgIpc) is 3.40. The maximum Gasteiger partial charge on any atom is 0.317 e. The second-order valence-electron chi connectivity index (χ2n) is 6.59. The maximum absolute atomic E-state index is 14.1. The molecule has 0 spiro atoms. The predicted octanol–water partition coefficient (Wildman–Crippen LogP) is 2.32. The van der Waals surface area contributed by atoms with Gasteiger partial charge < -0.3 is 16.0 Å². The summed E-state index contributed by atoms with van der Waals surface area (Å²) in [5.41, 5.74) is 5.48. The Labute approximate surface area is 139 Å². The second kappa shape index (κ2) is 6.75. The zero-order chi connectivity index (χ0) is 17.3. The molecule has 0 aromatic heterocycles. The van der Waals surface area contributed by atoms with Crippen molar-refractivity contribution in [1.82, 2.24) is 10.2 Å². The normalized spacial score (nSPS) is 19.8. The number of nitrogens with zero attached hydrogens (tertiary/aromatic N) is 1. The molecule has 1 heterocycles. The van der Waals surface area contributed by atoms with Crippen LogP contribution in [0.15, 0.2) is 18.2 Å². The summed E-state index contributed by atoms with van der Waals surface area (Å²) in [6.07, 6.45) is 2.83. The first-order valence-electron chi connectivity index (χ1n) is 8.25. The van der Waals surface area contributed by atoms with Crippen LogP contribution >= 0.6 is 0 Å². The van der Waals surface area contributed by atoms with Crippen molar-refractivity contribution in [3.8, 4) is 0 Å². The summed E-state index contributed by atoms with van der Waals surface area (Å²) >= 11 is 0. The monoisotopic (exact) mass is 337 g/mol. The largest absolute Gasteiger partial charge is 0.369 e. The lowest BCUT2D eigenvalue weighted by molar-refractivity contribution is -0.123. The number of carbonyl (C=O) groups excluding carboxylic acids is 2. The molecule has 3 rings (SSSR count). The molecule has 1 aromatic rings. The van der Waals surface area contributed by atoms with Crippen LogP contribution in [0.1, 0.15) is 37.3 Å². The Kier molecular flexibility index (Phi) is 4.69. The van der Waals surface area contributed by atoms with Crippen LogP contribution < -0.4 is 11.1 Å². The summed E-state index contributed by atoms with van der Waals surface area (Å²) in [7, 11) is 0. The van der Waals surface area contributed by atoms with Gasteiger partial charge in [0.1, 0.15) is 11.6 Å². The van der Waals surface area contributed by atoms with E-state index in [2.05, 4.69) is 5.32 Å². The molecule has 7 heteroatoms. The van der Waals surface area contributed by atoms with Crippen molar-refractivity contribution in [1.29, 1.82) is 0 Å². The van der Waals surface area contributed by atoms with Crippen molar-refractivity contribution in [2.45, 2.75) is 31.7 Å². The molecule has 130 valence electrons. The van der Waals surface area contributed by atoms with E-state index in [4.69, 9.17) is 5.73 Å².